The number of nitrogens with zero attached hydrogens (tertiary/aromatic N) is 2. The fourth-order valence-corrected chi connectivity index (χ4v) is 5.29. The Kier molecular flexibility index (Phi) is 3.00. The van der Waals surface area contributed by atoms with Crippen LogP contribution in [0, 0.1) is 27.1 Å². The van der Waals surface area contributed by atoms with E-state index in [-0.39, 0.29) is 11.3 Å². The van der Waals surface area contributed by atoms with E-state index in [1.165, 1.54) is 12.8 Å². The first-order valence-electron chi connectivity index (χ1n) is 7.40. The van der Waals surface area contributed by atoms with Gasteiger partial charge in [0.2, 0.25) is 0 Å². The number of hydrogen-bond acceptors (Lipinski definition) is 5. The van der Waals surface area contributed by atoms with Gasteiger partial charge in [-0.2, -0.15) is 9.81 Å². The van der Waals surface area contributed by atoms with Crippen molar-refractivity contribution < 1.29 is 5.11 Å². The van der Waals surface area contributed by atoms with E-state index in [9.17, 15) is 14.9 Å². The zero-order chi connectivity index (χ0) is 13.7. The van der Waals surface area contributed by atoms with E-state index in [0.29, 0.717) is 18.8 Å². The predicted octanol–water partition coefficient (Wildman–Crippen LogP) is 3.00. The maximum atomic E-state index is 11.0. The summed E-state index contributed by atoms with van der Waals surface area (Å²) < 4.78 is 0. The lowest BCUT2D eigenvalue weighted by Gasteiger charge is -2.36. The summed E-state index contributed by atoms with van der Waals surface area (Å²) in [5, 5.41) is 17.2. The molecule has 0 aromatic carbocycles. The summed E-state index contributed by atoms with van der Waals surface area (Å²) in [6.45, 7) is 2.24. The molecule has 3 saturated carbocycles. The number of fused-ring (bicyclic) bond motifs is 5. The van der Waals surface area contributed by atoms with Crippen LogP contribution in [0.3, 0.4) is 0 Å². The molecule has 3 aliphatic carbocycles. The summed E-state index contributed by atoms with van der Waals surface area (Å²) in [4.78, 5) is 22.0. The minimum absolute atomic E-state index is 0.104. The molecule has 5 heteroatoms. The summed E-state index contributed by atoms with van der Waals surface area (Å²) in [5.74, 6) is 0.822. The van der Waals surface area contributed by atoms with Gasteiger partial charge in [-0.25, -0.2) is 0 Å². The third-order valence-electron chi connectivity index (χ3n) is 6.10. The molecular weight excluding hydrogens is 244 g/mol. The van der Waals surface area contributed by atoms with Crippen molar-refractivity contribution in [2.75, 3.05) is 0 Å². The van der Waals surface area contributed by atoms with Crippen molar-refractivity contribution >= 4 is 0 Å². The molecule has 0 aliphatic heterocycles. The smallest absolute Gasteiger partial charge is 0.120 e. The highest BCUT2D eigenvalue weighted by Gasteiger charge is 2.61. The van der Waals surface area contributed by atoms with Crippen molar-refractivity contribution in [3.05, 3.63) is 9.81 Å². The van der Waals surface area contributed by atoms with Gasteiger partial charge in [-0.3, -0.25) is 0 Å². The molecule has 0 amide bonds. The molecule has 0 radical (unpaired) electrons. The minimum atomic E-state index is -0.808. The van der Waals surface area contributed by atoms with Crippen LogP contribution in [0.4, 0.5) is 0 Å². The first-order chi connectivity index (χ1) is 9.02. The Morgan fingerprint density at radius 2 is 1.74 bits per heavy atom. The molecule has 0 aromatic rings. The molecule has 0 spiro atoms. The molecule has 1 N–H and O–H groups in total. The number of aliphatic hydroxyl groups is 1. The van der Waals surface area contributed by atoms with Gasteiger partial charge in [0.25, 0.3) is 0 Å². The number of hydrogen-bond donors (Lipinski definition) is 1. The summed E-state index contributed by atoms with van der Waals surface area (Å²) in [5.41, 5.74) is -0.704. The Labute approximate surface area is 113 Å². The van der Waals surface area contributed by atoms with Gasteiger partial charge in [-0.05, 0) is 49.4 Å². The Morgan fingerprint density at radius 3 is 2.42 bits per heavy atom. The summed E-state index contributed by atoms with van der Waals surface area (Å²) in [6, 6.07) is -1.20. The molecule has 19 heavy (non-hydrogen) atoms. The lowest BCUT2D eigenvalue weighted by molar-refractivity contribution is -0.0238. The molecule has 3 fully saturated rings. The Balaban J connectivity index is 1.96. The van der Waals surface area contributed by atoms with E-state index in [2.05, 4.69) is 17.3 Å². The molecular formula is C14H22N2O3. The second kappa shape index (κ2) is 4.33. The Bertz CT molecular complexity index is 402. The van der Waals surface area contributed by atoms with Crippen molar-refractivity contribution in [1.29, 1.82) is 0 Å². The molecule has 0 heterocycles. The van der Waals surface area contributed by atoms with Gasteiger partial charge < -0.3 is 5.11 Å². The molecule has 6 atom stereocenters. The molecule has 2 bridgehead atoms. The molecule has 5 nitrogen and oxygen atoms in total. The highest BCUT2D eigenvalue weighted by Crippen LogP contribution is 2.63. The van der Waals surface area contributed by atoms with Crippen LogP contribution in [-0.4, -0.2) is 22.8 Å². The van der Waals surface area contributed by atoms with Crippen molar-refractivity contribution in [2.45, 2.75) is 69.6 Å². The van der Waals surface area contributed by atoms with Crippen LogP contribution in [0.15, 0.2) is 10.4 Å². The topological polar surface area (TPSA) is 79.1 Å². The lowest BCUT2D eigenvalue weighted by atomic mass is 9.72. The van der Waals surface area contributed by atoms with E-state index in [1.54, 1.807) is 0 Å². The summed E-state index contributed by atoms with van der Waals surface area (Å²) in [7, 11) is 0. The normalized spacial score (nSPS) is 53.2. The van der Waals surface area contributed by atoms with E-state index in [1.807, 2.05) is 0 Å². The van der Waals surface area contributed by atoms with Crippen molar-refractivity contribution in [3.8, 4) is 0 Å². The van der Waals surface area contributed by atoms with Gasteiger partial charge in [-0.1, -0.05) is 23.7 Å². The van der Waals surface area contributed by atoms with Crippen molar-refractivity contribution in [3.63, 3.8) is 0 Å². The highest BCUT2D eigenvalue weighted by atomic mass is 16.3. The van der Waals surface area contributed by atoms with E-state index >= 15 is 0 Å². The Morgan fingerprint density at radius 1 is 1.05 bits per heavy atom. The zero-order valence-corrected chi connectivity index (χ0v) is 11.4. The fraction of sp³-hybridized carbons (Fsp3) is 1.00. The second-order valence-corrected chi connectivity index (χ2v) is 7.17. The van der Waals surface area contributed by atoms with Crippen molar-refractivity contribution in [1.82, 2.24) is 0 Å². The zero-order valence-electron chi connectivity index (χ0n) is 11.4. The highest BCUT2D eigenvalue weighted by molar-refractivity contribution is 5.12. The molecule has 0 aromatic heterocycles. The van der Waals surface area contributed by atoms with E-state index in [4.69, 9.17) is 0 Å². The SMILES string of the molecule is CC12CCC(N=O)C(N=O)CC(O)(C1)C1CCC[C@@H]12. The van der Waals surface area contributed by atoms with Crippen LogP contribution in [0.25, 0.3) is 0 Å². The monoisotopic (exact) mass is 266 g/mol. The van der Waals surface area contributed by atoms with Gasteiger partial charge in [-0.15, -0.1) is 0 Å². The standard InChI is InChI=1S/C14H22N2O3/c1-13-6-5-11(15-18)12(16-19)7-14(17,8-13)10-4-2-3-9(10)13/h9-12,17H,2-8H2,1H3/t9-,10?,11?,12?,13?,14?/m0/s1. The average molecular weight is 266 g/mol. The van der Waals surface area contributed by atoms with Gasteiger partial charge in [0.1, 0.15) is 12.1 Å². The lowest BCUT2D eigenvalue weighted by Crippen LogP contribution is -2.41. The molecule has 0 saturated heterocycles. The minimum Gasteiger partial charge on any atom is -0.389 e. The van der Waals surface area contributed by atoms with Crippen LogP contribution in [0.1, 0.15) is 51.9 Å². The van der Waals surface area contributed by atoms with Crippen LogP contribution < -0.4 is 0 Å². The van der Waals surface area contributed by atoms with Crippen LogP contribution in [-0.2, 0) is 0 Å². The van der Waals surface area contributed by atoms with E-state index in [0.717, 1.165) is 19.3 Å². The quantitative estimate of drug-likeness (QED) is 0.780. The third-order valence-corrected chi connectivity index (χ3v) is 6.10. The number of nitroso groups, excluding NO2 is 2. The number of rotatable bonds is 2. The van der Waals surface area contributed by atoms with Gasteiger partial charge in [0.05, 0.1) is 5.60 Å². The second-order valence-electron chi connectivity index (χ2n) is 7.17. The van der Waals surface area contributed by atoms with Gasteiger partial charge in [0, 0.05) is 6.42 Å². The van der Waals surface area contributed by atoms with Gasteiger partial charge in [0.15, 0.2) is 0 Å². The first-order valence-corrected chi connectivity index (χ1v) is 7.40. The van der Waals surface area contributed by atoms with E-state index < -0.39 is 17.7 Å². The summed E-state index contributed by atoms with van der Waals surface area (Å²) >= 11 is 0. The maximum Gasteiger partial charge on any atom is 0.120 e. The van der Waals surface area contributed by atoms with Crippen LogP contribution in [0.2, 0.25) is 0 Å². The third kappa shape index (κ3) is 1.85. The molecule has 5 unspecified atom stereocenters. The van der Waals surface area contributed by atoms with Crippen LogP contribution in [0.5, 0.6) is 0 Å². The molecule has 3 aliphatic rings. The largest absolute Gasteiger partial charge is 0.389 e. The molecule has 3 rings (SSSR count). The summed E-state index contributed by atoms with van der Waals surface area (Å²) in [6.07, 6.45) is 5.97. The Hall–Kier alpha value is -0.840. The first kappa shape index (κ1) is 13.2. The van der Waals surface area contributed by atoms with Crippen LogP contribution >= 0.6 is 0 Å². The fourth-order valence-electron chi connectivity index (χ4n) is 5.29. The average Bonchev–Trinajstić information content (AvgIpc) is 2.92. The predicted molar refractivity (Wildman–Crippen MR) is 71.5 cm³/mol. The maximum absolute atomic E-state index is 11.0. The van der Waals surface area contributed by atoms with Crippen molar-refractivity contribution in [2.24, 2.45) is 27.6 Å². The molecule has 106 valence electrons. The van der Waals surface area contributed by atoms with Gasteiger partial charge >= 0.3 is 0 Å².